The summed E-state index contributed by atoms with van der Waals surface area (Å²) in [5, 5.41) is 13.2. The minimum atomic E-state index is -0.764. The van der Waals surface area contributed by atoms with E-state index in [1.54, 1.807) is 4.90 Å². The van der Waals surface area contributed by atoms with Gasteiger partial charge in [0.2, 0.25) is 11.8 Å². The van der Waals surface area contributed by atoms with Gasteiger partial charge in [-0.1, -0.05) is 42.7 Å². The highest BCUT2D eigenvalue weighted by atomic mass is 16.3. The van der Waals surface area contributed by atoms with Crippen molar-refractivity contribution >= 4 is 11.8 Å². The molecule has 0 spiro atoms. The van der Waals surface area contributed by atoms with E-state index in [4.69, 9.17) is 0 Å². The standard InChI is InChI=1S/C19H26N2O3/c1-14-4-6-15(7-5-14)12-21-16(8-9-17(21)22)18(23)20-13-19(24)10-2-3-11-19/h4-7,16,24H,2-3,8-13H2,1H3,(H,20,23). The van der Waals surface area contributed by atoms with Crippen molar-refractivity contribution in [2.75, 3.05) is 6.54 Å². The molecule has 0 aromatic heterocycles. The highest BCUT2D eigenvalue weighted by molar-refractivity contribution is 5.90. The van der Waals surface area contributed by atoms with Crippen LogP contribution >= 0.6 is 0 Å². The SMILES string of the molecule is Cc1ccc(CN2C(=O)CCC2C(=O)NCC2(O)CCCC2)cc1. The fourth-order valence-electron chi connectivity index (χ4n) is 3.67. The number of nitrogens with one attached hydrogen (secondary N) is 1. The van der Waals surface area contributed by atoms with Crippen LogP contribution in [0.15, 0.2) is 24.3 Å². The molecule has 3 rings (SSSR count). The number of likely N-dealkylation sites (tertiary alicyclic amines) is 1. The second-order valence-corrected chi connectivity index (χ2v) is 7.21. The van der Waals surface area contributed by atoms with E-state index >= 15 is 0 Å². The summed E-state index contributed by atoms with van der Waals surface area (Å²) in [6.45, 7) is 2.77. The van der Waals surface area contributed by atoms with Crippen LogP contribution in [0.1, 0.15) is 49.7 Å². The van der Waals surface area contributed by atoms with Gasteiger partial charge in [-0.3, -0.25) is 9.59 Å². The summed E-state index contributed by atoms with van der Waals surface area (Å²) >= 11 is 0. The Kier molecular flexibility index (Phi) is 4.90. The molecule has 1 atom stereocenters. The Morgan fingerprint density at radius 3 is 2.62 bits per heavy atom. The fourth-order valence-corrected chi connectivity index (χ4v) is 3.67. The van der Waals surface area contributed by atoms with Gasteiger partial charge in [-0.05, 0) is 31.7 Å². The number of rotatable bonds is 5. The first-order valence-electron chi connectivity index (χ1n) is 8.82. The van der Waals surface area contributed by atoms with E-state index in [1.165, 1.54) is 5.56 Å². The Labute approximate surface area is 143 Å². The van der Waals surface area contributed by atoms with Crippen molar-refractivity contribution in [3.8, 4) is 0 Å². The lowest BCUT2D eigenvalue weighted by Gasteiger charge is -2.27. The number of carbonyl (C=O) groups excluding carboxylic acids is 2. The Morgan fingerprint density at radius 1 is 1.29 bits per heavy atom. The van der Waals surface area contributed by atoms with Gasteiger partial charge >= 0.3 is 0 Å². The molecule has 1 aromatic rings. The van der Waals surface area contributed by atoms with Crippen molar-refractivity contribution in [3.05, 3.63) is 35.4 Å². The van der Waals surface area contributed by atoms with Crippen LogP contribution in [0, 0.1) is 6.92 Å². The van der Waals surface area contributed by atoms with Crippen LogP contribution in [0.2, 0.25) is 0 Å². The molecule has 2 fully saturated rings. The molecule has 1 aliphatic carbocycles. The summed E-state index contributed by atoms with van der Waals surface area (Å²) in [7, 11) is 0. The number of benzene rings is 1. The van der Waals surface area contributed by atoms with Gasteiger partial charge < -0.3 is 15.3 Å². The summed E-state index contributed by atoms with van der Waals surface area (Å²) in [5.41, 5.74) is 1.44. The van der Waals surface area contributed by atoms with Crippen LogP contribution in [0.3, 0.4) is 0 Å². The van der Waals surface area contributed by atoms with Crippen LogP contribution in [-0.2, 0) is 16.1 Å². The summed E-state index contributed by atoms with van der Waals surface area (Å²) in [6, 6.07) is 7.60. The zero-order valence-electron chi connectivity index (χ0n) is 14.3. The fraction of sp³-hybridized carbons (Fsp3) is 0.579. The lowest BCUT2D eigenvalue weighted by atomic mass is 10.0. The van der Waals surface area contributed by atoms with E-state index in [-0.39, 0.29) is 18.4 Å². The third kappa shape index (κ3) is 3.78. The predicted molar refractivity (Wildman–Crippen MR) is 91.2 cm³/mol. The number of carbonyl (C=O) groups is 2. The first-order valence-corrected chi connectivity index (χ1v) is 8.82. The zero-order chi connectivity index (χ0) is 17.2. The maximum atomic E-state index is 12.5. The van der Waals surface area contributed by atoms with Crippen LogP contribution < -0.4 is 5.32 Å². The third-order valence-corrected chi connectivity index (χ3v) is 5.23. The van der Waals surface area contributed by atoms with Crippen molar-refractivity contribution in [3.63, 3.8) is 0 Å². The molecule has 2 N–H and O–H groups in total. The Balaban J connectivity index is 1.61. The number of amides is 2. The average molecular weight is 330 g/mol. The molecule has 0 bridgehead atoms. The van der Waals surface area contributed by atoms with Gasteiger partial charge in [-0.2, -0.15) is 0 Å². The Morgan fingerprint density at radius 2 is 1.96 bits per heavy atom. The first-order chi connectivity index (χ1) is 11.5. The molecule has 1 heterocycles. The lowest BCUT2D eigenvalue weighted by Crippen LogP contribution is -2.48. The third-order valence-electron chi connectivity index (χ3n) is 5.23. The van der Waals surface area contributed by atoms with Crippen molar-refractivity contribution < 1.29 is 14.7 Å². The molecule has 5 heteroatoms. The predicted octanol–water partition coefficient (Wildman–Crippen LogP) is 1.91. The normalized spacial score (nSPS) is 22.8. The molecule has 5 nitrogen and oxygen atoms in total. The number of aliphatic hydroxyl groups is 1. The smallest absolute Gasteiger partial charge is 0.242 e. The topological polar surface area (TPSA) is 69.6 Å². The molecule has 1 unspecified atom stereocenters. The maximum Gasteiger partial charge on any atom is 0.242 e. The van der Waals surface area contributed by atoms with E-state index in [2.05, 4.69) is 5.32 Å². The number of hydrogen-bond acceptors (Lipinski definition) is 3. The molecule has 2 amide bonds. The Hall–Kier alpha value is -1.88. The highest BCUT2D eigenvalue weighted by Gasteiger charge is 2.37. The van der Waals surface area contributed by atoms with E-state index < -0.39 is 11.6 Å². The van der Waals surface area contributed by atoms with Gasteiger partial charge in [0, 0.05) is 19.5 Å². The number of hydrogen-bond donors (Lipinski definition) is 2. The molecule has 1 aromatic carbocycles. The van der Waals surface area contributed by atoms with E-state index in [9.17, 15) is 14.7 Å². The monoisotopic (exact) mass is 330 g/mol. The first kappa shape index (κ1) is 17.0. The molecular formula is C19H26N2O3. The second-order valence-electron chi connectivity index (χ2n) is 7.21. The van der Waals surface area contributed by atoms with Gasteiger partial charge in [-0.25, -0.2) is 0 Å². The molecule has 1 aliphatic heterocycles. The quantitative estimate of drug-likeness (QED) is 0.866. The van der Waals surface area contributed by atoms with E-state index in [0.29, 0.717) is 19.4 Å². The minimum Gasteiger partial charge on any atom is -0.388 e. The van der Waals surface area contributed by atoms with Gasteiger partial charge in [0.25, 0.3) is 0 Å². The average Bonchev–Trinajstić information content (AvgIpc) is 3.15. The highest BCUT2D eigenvalue weighted by Crippen LogP contribution is 2.29. The summed E-state index contributed by atoms with van der Waals surface area (Å²) in [5.74, 6) is -0.122. The van der Waals surface area contributed by atoms with Crippen LogP contribution in [0.4, 0.5) is 0 Å². The van der Waals surface area contributed by atoms with Gasteiger partial charge in [-0.15, -0.1) is 0 Å². The van der Waals surface area contributed by atoms with Crippen LogP contribution in [0.25, 0.3) is 0 Å². The van der Waals surface area contributed by atoms with E-state index in [1.807, 2.05) is 31.2 Å². The van der Waals surface area contributed by atoms with Crippen molar-refractivity contribution in [2.24, 2.45) is 0 Å². The molecule has 1 saturated carbocycles. The second kappa shape index (κ2) is 6.93. The molecule has 2 aliphatic rings. The van der Waals surface area contributed by atoms with Gasteiger partial charge in [0.1, 0.15) is 6.04 Å². The van der Waals surface area contributed by atoms with Crippen molar-refractivity contribution in [2.45, 2.75) is 63.6 Å². The molecule has 24 heavy (non-hydrogen) atoms. The lowest BCUT2D eigenvalue weighted by molar-refractivity contribution is -0.136. The molecule has 1 saturated heterocycles. The summed E-state index contributed by atoms with van der Waals surface area (Å²) in [4.78, 5) is 26.4. The zero-order valence-corrected chi connectivity index (χ0v) is 14.3. The van der Waals surface area contributed by atoms with Crippen LogP contribution in [0.5, 0.6) is 0 Å². The molecule has 130 valence electrons. The number of nitrogens with zero attached hydrogens (tertiary/aromatic N) is 1. The van der Waals surface area contributed by atoms with Crippen molar-refractivity contribution in [1.82, 2.24) is 10.2 Å². The number of aryl methyl sites for hydroxylation is 1. The van der Waals surface area contributed by atoms with Gasteiger partial charge in [0.15, 0.2) is 0 Å². The Bertz CT molecular complexity index is 606. The molecule has 0 radical (unpaired) electrons. The molecular weight excluding hydrogens is 304 g/mol. The van der Waals surface area contributed by atoms with Gasteiger partial charge in [0.05, 0.1) is 5.60 Å². The summed E-state index contributed by atoms with van der Waals surface area (Å²) in [6.07, 6.45) is 4.46. The maximum absolute atomic E-state index is 12.5. The largest absolute Gasteiger partial charge is 0.388 e. The van der Waals surface area contributed by atoms with E-state index in [0.717, 1.165) is 31.2 Å². The van der Waals surface area contributed by atoms with Crippen LogP contribution in [-0.4, -0.2) is 40.0 Å². The minimum absolute atomic E-state index is 0.0234. The van der Waals surface area contributed by atoms with Crippen molar-refractivity contribution in [1.29, 1.82) is 0 Å². The summed E-state index contributed by atoms with van der Waals surface area (Å²) < 4.78 is 0.